The van der Waals surface area contributed by atoms with Gasteiger partial charge < -0.3 is 10.5 Å². The van der Waals surface area contributed by atoms with Crippen LogP contribution in [0, 0.1) is 12.7 Å². The number of nitrogens with zero attached hydrogens (tertiary/aromatic N) is 2. The highest BCUT2D eigenvalue weighted by Crippen LogP contribution is 2.19. The molecule has 1 heterocycles. The Labute approximate surface area is 121 Å². The number of nitrogens with one attached hydrogen (secondary N) is 1. The van der Waals surface area contributed by atoms with Crippen LogP contribution in [-0.2, 0) is 10.0 Å². The first-order valence-corrected chi connectivity index (χ1v) is 7.27. The van der Waals surface area contributed by atoms with Crippen LogP contribution in [0.2, 0.25) is 0 Å². The molecule has 2 rings (SSSR count). The van der Waals surface area contributed by atoms with E-state index in [4.69, 9.17) is 10.5 Å². The molecule has 0 unspecified atom stereocenters. The van der Waals surface area contributed by atoms with Crippen LogP contribution >= 0.6 is 0 Å². The molecule has 0 spiro atoms. The maximum atomic E-state index is 13.3. The molecule has 0 atom stereocenters. The molecule has 1 aromatic heterocycles. The van der Waals surface area contributed by atoms with Gasteiger partial charge in [0.25, 0.3) is 10.0 Å². The van der Waals surface area contributed by atoms with E-state index in [1.165, 1.54) is 13.2 Å². The Kier molecular flexibility index (Phi) is 3.94. The Balaban J connectivity index is 2.39. The highest BCUT2D eigenvalue weighted by Gasteiger charge is 2.18. The summed E-state index contributed by atoms with van der Waals surface area (Å²) >= 11 is 0. The predicted octanol–water partition coefficient (Wildman–Crippen LogP) is 1.32. The number of halogens is 1. The molecular formula is C12H13FN4O3S. The summed E-state index contributed by atoms with van der Waals surface area (Å²) in [6.45, 7) is 1.65. The fraction of sp³-hybridized carbons (Fsp3) is 0.167. The fourth-order valence-electron chi connectivity index (χ4n) is 1.61. The van der Waals surface area contributed by atoms with Crippen molar-refractivity contribution < 1.29 is 17.5 Å². The molecule has 0 amide bonds. The molecule has 1 aromatic carbocycles. The zero-order chi connectivity index (χ0) is 15.6. The average molecular weight is 312 g/mol. The molecule has 2 aromatic rings. The van der Waals surface area contributed by atoms with Crippen molar-refractivity contribution in [2.75, 3.05) is 17.6 Å². The zero-order valence-electron chi connectivity index (χ0n) is 11.3. The summed E-state index contributed by atoms with van der Waals surface area (Å²) in [6.07, 6.45) is 0. The minimum atomic E-state index is -4.05. The van der Waals surface area contributed by atoms with Crippen molar-refractivity contribution in [3.8, 4) is 5.88 Å². The van der Waals surface area contributed by atoms with Gasteiger partial charge in [-0.25, -0.2) is 22.5 Å². The second kappa shape index (κ2) is 5.52. The monoisotopic (exact) mass is 312 g/mol. The molecule has 0 aliphatic carbocycles. The van der Waals surface area contributed by atoms with E-state index in [-0.39, 0.29) is 22.4 Å². The summed E-state index contributed by atoms with van der Waals surface area (Å²) in [5, 5.41) is 0. The molecule has 0 saturated carbocycles. The van der Waals surface area contributed by atoms with Gasteiger partial charge in [-0.05, 0) is 25.1 Å². The number of rotatable bonds is 4. The SMILES string of the molecule is COc1cc(C)nc(NS(=O)(=O)c2cc(N)cc(F)c2)n1. The first-order chi connectivity index (χ1) is 9.80. The summed E-state index contributed by atoms with van der Waals surface area (Å²) in [7, 11) is -2.65. The lowest BCUT2D eigenvalue weighted by Crippen LogP contribution is -2.16. The number of ether oxygens (including phenoxy) is 1. The first-order valence-electron chi connectivity index (χ1n) is 5.79. The molecule has 112 valence electrons. The molecule has 3 N–H and O–H groups in total. The van der Waals surface area contributed by atoms with Gasteiger partial charge in [0.15, 0.2) is 0 Å². The molecule has 21 heavy (non-hydrogen) atoms. The number of methoxy groups -OCH3 is 1. The largest absolute Gasteiger partial charge is 0.481 e. The molecule has 0 saturated heterocycles. The van der Waals surface area contributed by atoms with Crippen LogP contribution in [-0.4, -0.2) is 25.5 Å². The lowest BCUT2D eigenvalue weighted by molar-refractivity contribution is 0.397. The van der Waals surface area contributed by atoms with E-state index in [0.29, 0.717) is 5.69 Å². The van der Waals surface area contributed by atoms with Crippen LogP contribution < -0.4 is 15.2 Å². The number of benzene rings is 1. The van der Waals surface area contributed by atoms with Gasteiger partial charge in [-0.2, -0.15) is 4.98 Å². The van der Waals surface area contributed by atoms with Gasteiger partial charge in [-0.1, -0.05) is 0 Å². The third-order valence-electron chi connectivity index (χ3n) is 2.47. The van der Waals surface area contributed by atoms with Crippen molar-refractivity contribution in [2.45, 2.75) is 11.8 Å². The number of nitrogens with two attached hydrogens (primary N) is 1. The number of aryl methyl sites for hydroxylation is 1. The second-order valence-corrected chi connectivity index (χ2v) is 5.88. The molecule has 0 aliphatic heterocycles. The smallest absolute Gasteiger partial charge is 0.264 e. The van der Waals surface area contributed by atoms with Gasteiger partial charge in [0.1, 0.15) is 5.82 Å². The summed E-state index contributed by atoms with van der Waals surface area (Å²) in [6, 6.07) is 4.55. The number of aromatic nitrogens is 2. The van der Waals surface area contributed by atoms with Crippen molar-refractivity contribution in [1.82, 2.24) is 9.97 Å². The van der Waals surface area contributed by atoms with Crippen molar-refractivity contribution in [1.29, 1.82) is 0 Å². The fourth-order valence-corrected chi connectivity index (χ4v) is 2.62. The molecule has 7 nitrogen and oxygen atoms in total. The minimum Gasteiger partial charge on any atom is -0.481 e. The Morgan fingerprint density at radius 2 is 1.95 bits per heavy atom. The topological polar surface area (TPSA) is 107 Å². The molecule has 0 fully saturated rings. The molecular weight excluding hydrogens is 299 g/mol. The molecule has 0 radical (unpaired) electrons. The van der Waals surface area contributed by atoms with Gasteiger partial charge in [-0.3, -0.25) is 0 Å². The van der Waals surface area contributed by atoms with E-state index >= 15 is 0 Å². The maximum Gasteiger partial charge on any atom is 0.264 e. The predicted molar refractivity (Wildman–Crippen MR) is 74.9 cm³/mol. The summed E-state index contributed by atoms with van der Waals surface area (Å²) in [5.41, 5.74) is 5.95. The lowest BCUT2D eigenvalue weighted by atomic mass is 10.3. The Hall–Kier alpha value is -2.42. The van der Waals surface area contributed by atoms with Gasteiger partial charge in [-0.15, -0.1) is 0 Å². The highest BCUT2D eigenvalue weighted by atomic mass is 32.2. The number of nitrogen functional groups attached to an aromatic ring is 1. The van der Waals surface area contributed by atoms with Gasteiger partial charge in [0, 0.05) is 17.4 Å². The van der Waals surface area contributed by atoms with E-state index in [0.717, 1.165) is 18.2 Å². The third-order valence-corrected chi connectivity index (χ3v) is 3.78. The van der Waals surface area contributed by atoms with E-state index in [2.05, 4.69) is 14.7 Å². The minimum absolute atomic E-state index is 0.00174. The van der Waals surface area contributed by atoms with E-state index < -0.39 is 15.8 Å². The van der Waals surface area contributed by atoms with E-state index in [1.54, 1.807) is 6.92 Å². The van der Waals surface area contributed by atoms with Crippen LogP contribution in [0.4, 0.5) is 16.0 Å². The lowest BCUT2D eigenvalue weighted by Gasteiger charge is -2.09. The van der Waals surface area contributed by atoms with Crippen LogP contribution in [0.5, 0.6) is 5.88 Å². The number of sulfonamides is 1. The normalized spacial score (nSPS) is 11.2. The summed E-state index contributed by atoms with van der Waals surface area (Å²) in [4.78, 5) is 7.47. The third kappa shape index (κ3) is 3.57. The standard InChI is InChI=1S/C12H13FN4O3S/c1-7-3-11(20-2)16-12(15-7)17-21(18,19)10-5-8(13)4-9(14)6-10/h3-6H,14H2,1-2H3,(H,15,16,17). The van der Waals surface area contributed by atoms with Crippen LogP contribution in [0.3, 0.4) is 0 Å². The van der Waals surface area contributed by atoms with Crippen molar-refractivity contribution in [3.63, 3.8) is 0 Å². The number of hydrogen-bond acceptors (Lipinski definition) is 6. The van der Waals surface area contributed by atoms with Gasteiger partial charge >= 0.3 is 0 Å². The molecule has 0 aliphatic rings. The maximum absolute atomic E-state index is 13.3. The molecule has 0 bridgehead atoms. The zero-order valence-corrected chi connectivity index (χ0v) is 12.1. The summed E-state index contributed by atoms with van der Waals surface area (Å²) in [5.74, 6) is -0.716. The van der Waals surface area contributed by atoms with Crippen LogP contribution in [0.15, 0.2) is 29.2 Å². The summed E-state index contributed by atoms with van der Waals surface area (Å²) < 4.78 is 44.7. The van der Waals surface area contributed by atoms with E-state index in [1.807, 2.05) is 0 Å². The van der Waals surface area contributed by atoms with Gasteiger partial charge in [0.2, 0.25) is 11.8 Å². The Bertz CT molecular complexity index is 760. The van der Waals surface area contributed by atoms with Crippen LogP contribution in [0.1, 0.15) is 5.69 Å². The molecule has 9 heteroatoms. The average Bonchev–Trinajstić information content (AvgIpc) is 2.36. The van der Waals surface area contributed by atoms with Crippen LogP contribution in [0.25, 0.3) is 0 Å². The second-order valence-electron chi connectivity index (χ2n) is 4.20. The number of hydrogen-bond donors (Lipinski definition) is 2. The van der Waals surface area contributed by atoms with Crippen molar-refractivity contribution in [2.24, 2.45) is 0 Å². The first kappa shape index (κ1) is 15.0. The van der Waals surface area contributed by atoms with Gasteiger partial charge in [0.05, 0.1) is 12.0 Å². The van der Waals surface area contributed by atoms with Crippen molar-refractivity contribution >= 4 is 21.7 Å². The van der Waals surface area contributed by atoms with Crippen molar-refractivity contribution in [3.05, 3.63) is 35.8 Å². The van der Waals surface area contributed by atoms with E-state index in [9.17, 15) is 12.8 Å². The highest BCUT2D eigenvalue weighted by molar-refractivity contribution is 7.92. The Morgan fingerprint density at radius 1 is 1.24 bits per heavy atom. The quantitative estimate of drug-likeness (QED) is 0.824. The Morgan fingerprint density at radius 3 is 2.57 bits per heavy atom. The number of anilines is 2.